The molecule has 57 heavy (non-hydrogen) atoms. The van der Waals surface area contributed by atoms with Gasteiger partial charge in [0.05, 0.1) is 34.8 Å². The molecule has 12 nitrogen and oxygen atoms in total. The molecule has 2 aliphatic heterocycles. The SMILES string of the molecule is CCn1c(-c2cccnc2[C@H](C)OC)c2c3cc(ccc31)-c1csc(n1)C[C@H](NC(=O)C1CCc3ncccc3C1)C(=O)N1CCC[C@H](N1)C(=O)OCC(C)(C)C2. The highest BCUT2D eigenvalue weighted by molar-refractivity contribution is 7.10. The van der Waals surface area contributed by atoms with Gasteiger partial charge in [0.2, 0.25) is 5.91 Å². The third kappa shape index (κ3) is 7.84. The van der Waals surface area contributed by atoms with Crippen LogP contribution in [0.4, 0.5) is 0 Å². The number of thiazole rings is 1. The van der Waals surface area contributed by atoms with E-state index in [1.807, 2.05) is 30.5 Å². The van der Waals surface area contributed by atoms with E-state index in [-0.39, 0.29) is 36.9 Å². The lowest BCUT2D eigenvalue weighted by atomic mass is 9.84. The Balaban J connectivity index is 1.20. The number of ether oxygens (including phenoxy) is 2. The lowest BCUT2D eigenvalue weighted by Gasteiger charge is -2.36. The van der Waals surface area contributed by atoms with Gasteiger partial charge in [-0.25, -0.2) is 10.4 Å². The average Bonchev–Trinajstić information content (AvgIpc) is 3.83. The fourth-order valence-electron chi connectivity index (χ4n) is 8.64. The molecule has 0 spiro atoms. The predicted octanol–water partition coefficient (Wildman–Crippen LogP) is 6.40. The Morgan fingerprint density at radius 1 is 1.12 bits per heavy atom. The zero-order chi connectivity index (χ0) is 39.8. The normalized spacial score (nSPS) is 21.7. The topological polar surface area (TPSA) is 141 Å². The summed E-state index contributed by atoms with van der Waals surface area (Å²) < 4.78 is 14.2. The molecule has 0 radical (unpaired) electrons. The van der Waals surface area contributed by atoms with E-state index in [1.54, 1.807) is 19.5 Å². The van der Waals surface area contributed by atoms with Gasteiger partial charge in [-0.2, -0.15) is 0 Å². The Kier molecular flexibility index (Phi) is 11.0. The van der Waals surface area contributed by atoms with Gasteiger partial charge in [0.1, 0.15) is 12.1 Å². The number of fused-ring (bicyclic) bond motifs is 7. The summed E-state index contributed by atoms with van der Waals surface area (Å²) in [7, 11) is 1.70. The number of nitrogens with one attached hydrogen (secondary N) is 2. The molecule has 6 bridgehead atoms. The molecule has 13 heteroatoms. The van der Waals surface area contributed by atoms with Crippen molar-refractivity contribution in [2.45, 2.75) is 97.4 Å². The molecule has 0 saturated carbocycles. The van der Waals surface area contributed by atoms with Gasteiger partial charge in [0.15, 0.2) is 0 Å². The van der Waals surface area contributed by atoms with Gasteiger partial charge >= 0.3 is 5.97 Å². The summed E-state index contributed by atoms with van der Waals surface area (Å²) >= 11 is 1.48. The molecule has 4 aromatic heterocycles. The molecular formula is C44H51N7O5S. The molecule has 1 fully saturated rings. The molecule has 1 aliphatic carbocycles. The fourth-order valence-corrected chi connectivity index (χ4v) is 9.49. The maximum absolute atomic E-state index is 14.3. The van der Waals surface area contributed by atoms with Crippen LogP contribution in [0.15, 0.2) is 60.2 Å². The summed E-state index contributed by atoms with van der Waals surface area (Å²) in [4.78, 5) is 56.4. The molecule has 4 atom stereocenters. The van der Waals surface area contributed by atoms with E-state index in [0.29, 0.717) is 45.1 Å². The summed E-state index contributed by atoms with van der Waals surface area (Å²) in [6.07, 6.45) is 7.28. The van der Waals surface area contributed by atoms with Crippen molar-refractivity contribution in [3.8, 4) is 22.5 Å². The van der Waals surface area contributed by atoms with Crippen molar-refractivity contribution in [3.05, 3.63) is 87.8 Å². The number of carbonyl (C=O) groups is 3. The van der Waals surface area contributed by atoms with E-state index >= 15 is 0 Å². The second-order valence-corrected chi connectivity index (χ2v) is 17.3. The first-order valence-corrected chi connectivity index (χ1v) is 21.0. The molecule has 1 unspecified atom stereocenters. The first-order valence-electron chi connectivity index (χ1n) is 20.1. The van der Waals surface area contributed by atoms with E-state index < -0.39 is 23.5 Å². The Bertz CT molecular complexity index is 2320. The zero-order valence-electron chi connectivity index (χ0n) is 33.3. The Labute approximate surface area is 337 Å². The van der Waals surface area contributed by atoms with E-state index in [4.69, 9.17) is 19.4 Å². The van der Waals surface area contributed by atoms with Gasteiger partial charge in [-0.15, -0.1) is 11.3 Å². The number of amides is 2. The van der Waals surface area contributed by atoms with Crippen molar-refractivity contribution < 1.29 is 23.9 Å². The quantitative estimate of drug-likeness (QED) is 0.187. The van der Waals surface area contributed by atoms with Crippen LogP contribution in [0.2, 0.25) is 0 Å². The van der Waals surface area contributed by atoms with E-state index in [0.717, 1.165) is 67.5 Å². The maximum atomic E-state index is 14.3. The Morgan fingerprint density at radius 3 is 2.77 bits per heavy atom. The van der Waals surface area contributed by atoms with Crippen LogP contribution in [0.25, 0.3) is 33.4 Å². The number of rotatable bonds is 6. The fraction of sp³-hybridized carbons (Fsp3) is 0.455. The first kappa shape index (κ1) is 38.9. The van der Waals surface area contributed by atoms with Crippen LogP contribution >= 0.6 is 11.3 Å². The summed E-state index contributed by atoms with van der Waals surface area (Å²) in [5, 5.41) is 8.47. The number of benzene rings is 1. The standard InChI is InChI=1S/C44H51N7O5S/c1-6-50-37-16-14-28-21-31(37)32(40(50)30-11-8-18-46-39(30)26(2)55-5)23-44(3,4)25-56-43(54)34-12-9-19-51(49-34)42(53)35(22-38-47-36(28)24-57-38)48-41(52)29-13-15-33-27(20-29)10-7-17-45-33/h7-8,10-11,14,16-18,21,24,26,29,34-35,49H,6,9,12-13,15,19-20,22-23,25H2,1-5H3,(H,48,52)/t26-,29?,34-,35-/m0/s1. The first-order chi connectivity index (χ1) is 27.5. The van der Waals surface area contributed by atoms with Crippen molar-refractivity contribution in [2.24, 2.45) is 11.3 Å². The Morgan fingerprint density at radius 2 is 1.95 bits per heavy atom. The molecule has 5 aromatic rings. The molecule has 6 heterocycles. The molecule has 298 valence electrons. The van der Waals surface area contributed by atoms with Gasteiger partial charge in [0.25, 0.3) is 5.91 Å². The van der Waals surface area contributed by atoms with Gasteiger partial charge < -0.3 is 19.4 Å². The second-order valence-electron chi connectivity index (χ2n) is 16.3. The number of carbonyl (C=O) groups excluding carboxylic acids is 3. The highest BCUT2D eigenvalue weighted by Crippen LogP contribution is 2.42. The maximum Gasteiger partial charge on any atom is 0.324 e. The number of methoxy groups -OCH3 is 1. The summed E-state index contributed by atoms with van der Waals surface area (Å²) in [6, 6.07) is 12.9. The number of nitrogens with zero attached hydrogens (tertiary/aromatic N) is 5. The van der Waals surface area contributed by atoms with E-state index in [2.05, 4.69) is 65.3 Å². The van der Waals surface area contributed by atoms with Crippen LogP contribution in [0.1, 0.15) is 80.6 Å². The lowest BCUT2D eigenvalue weighted by Crippen LogP contribution is -2.61. The minimum Gasteiger partial charge on any atom is -0.464 e. The highest BCUT2D eigenvalue weighted by Gasteiger charge is 2.37. The minimum absolute atomic E-state index is 0.164. The molecule has 1 saturated heterocycles. The monoisotopic (exact) mass is 789 g/mol. The van der Waals surface area contributed by atoms with Crippen LogP contribution in [-0.2, 0) is 56.1 Å². The Hall–Kier alpha value is -4.98. The minimum atomic E-state index is -0.884. The van der Waals surface area contributed by atoms with Crippen molar-refractivity contribution >= 4 is 40.0 Å². The van der Waals surface area contributed by atoms with Crippen LogP contribution < -0.4 is 10.7 Å². The number of pyridine rings is 2. The van der Waals surface area contributed by atoms with Crippen LogP contribution in [0.3, 0.4) is 0 Å². The van der Waals surface area contributed by atoms with E-state index in [1.165, 1.54) is 16.3 Å². The smallest absolute Gasteiger partial charge is 0.324 e. The summed E-state index contributed by atoms with van der Waals surface area (Å²) in [5.74, 6) is -1.14. The number of esters is 1. The van der Waals surface area contributed by atoms with Crippen molar-refractivity contribution in [1.29, 1.82) is 0 Å². The molecule has 3 aliphatic rings. The highest BCUT2D eigenvalue weighted by atomic mass is 32.1. The van der Waals surface area contributed by atoms with Gasteiger partial charge in [-0.1, -0.05) is 26.0 Å². The number of hydrogen-bond donors (Lipinski definition) is 2. The molecule has 8 rings (SSSR count). The third-order valence-corrected chi connectivity index (χ3v) is 12.6. The van der Waals surface area contributed by atoms with Crippen molar-refractivity contribution in [3.63, 3.8) is 0 Å². The van der Waals surface area contributed by atoms with Gasteiger partial charge in [-0.3, -0.25) is 29.4 Å². The van der Waals surface area contributed by atoms with Crippen LogP contribution in [0.5, 0.6) is 0 Å². The molecule has 2 N–H and O–H groups in total. The molecular weight excluding hydrogens is 739 g/mol. The number of hydrazine groups is 1. The van der Waals surface area contributed by atoms with Crippen molar-refractivity contribution in [1.82, 2.24) is 35.3 Å². The average molecular weight is 790 g/mol. The summed E-state index contributed by atoms with van der Waals surface area (Å²) in [5.41, 5.74) is 11.7. The number of aryl methyl sites for hydroxylation is 2. The second kappa shape index (κ2) is 16.1. The number of aromatic nitrogens is 4. The largest absolute Gasteiger partial charge is 0.464 e. The lowest BCUT2D eigenvalue weighted by molar-refractivity contribution is -0.155. The number of hydrogen-bond acceptors (Lipinski definition) is 10. The predicted molar refractivity (Wildman–Crippen MR) is 219 cm³/mol. The third-order valence-electron chi connectivity index (χ3n) is 11.7. The van der Waals surface area contributed by atoms with Crippen molar-refractivity contribution in [2.75, 3.05) is 20.3 Å². The summed E-state index contributed by atoms with van der Waals surface area (Å²) in [6.45, 7) is 9.72. The van der Waals surface area contributed by atoms with Gasteiger partial charge in [0, 0.05) is 83.5 Å². The van der Waals surface area contributed by atoms with Crippen LogP contribution in [0, 0.1) is 11.3 Å². The zero-order valence-corrected chi connectivity index (χ0v) is 34.2. The van der Waals surface area contributed by atoms with Crippen LogP contribution in [-0.4, -0.2) is 74.7 Å². The number of cyclic esters (lactones) is 1. The van der Waals surface area contributed by atoms with Gasteiger partial charge in [-0.05, 0) is 93.8 Å². The molecule has 2 amide bonds. The van der Waals surface area contributed by atoms with E-state index in [9.17, 15) is 14.4 Å². The molecule has 1 aromatic carbocycles.